The number of anilines is 1. The van der Waals surface area contributed by atoms with Crippen LogP contribution in [0.4, 0.5) is 10.3 Å². The van der Waals surface area contributed by atoms with E-state index in [2.05, 4.69) is 32.3 Å². The lowest BCUT2D eigenvalue weighted by Gasteiger charge is -2.30. The summed E-state index contributed by atoms with van der Waals surface area (Å²) >= 11 is 0. The number of halogens is 1. The molecule has 0 bridgehead atoms. The number of hydrogen-bond donors (Lipinski definition) is 2. The molecule has 106 valence electrons. The van der Waals surface area contributed by atoms with Crippen molar-refractivity contribution in [3.05, 3.63) is 29.6 Å². The maximum absolute atomic E-state index is 13.4. The van der Waals surface area contributed by atoms with Gasteiger partial charge in [-0.1, -0.05) is 6.07 Å². The van der Waals surface area contributed by atoms with Crippen molar-refractivity contribution < 1.29 is 4.39 Å². The van der Waals surface area contributed by atoms with Crippen LogP contribution < -0.4 is 10.2 Å². The number of nitrogens with one attached hydrogen (secondary N) is 2. The van der Waals surface area contributed by atoms with Gasteiger partial charge in [0.2, 0.25) is 5.95 Å². The van der Waals surface area contributed by atoms with Crippen LogP contribution in [0.15, 0.2) is 18.2 Å². The molecule has 1 aromatic heterocycles. The van der Waals surface area contributed by atoms with Crippen molar-refractivity contribution in [2.75, 3.05) is 24.5 Å². The van der Waals surface area contributed by atoms with Gasteiger partial charge in [-0.25, -0.2) is 4.39 Å². The van der Waals surface area contributed by atoms with E-state index in [-0.39, 0.29) is 5.82 Å². The van der Waals surface area contributed by atoms with Gasteiger partial charge < -0.3 is 10.2 Å². The van der Waals surface area contributed by atoms with Crippen molar-refractivity contribution in [2.24, 2.45) is 0 Å². The lowest BCUT2D eigenvalue weighted by atomic mass is 10.1. The molecular formula is C14H18FN5. The molecule has 0 unspecified atom stereocenters. The molecule has 1 atom stereocenters. The maximum Gasteiger partial charge on any atom is 0.245 e. The number of hydrogen-bond acceptors (Lipinski definition) is 4. The topological polar surface area (TPSA) is 56.8 Å². The number of piperazine rings is 1. The van der Waals surface area contributed by atoms with Crippen LogP contribution in [0.1, 0.15) is 12.5 Å². The normalized spacial score (nSPS) is 19.4. The first-order valence-corrected chi connectivity index (χ1v) is 6.81. The first kappa shape index (κ1) is 13.1. The second-order valence-corrected chi connectivity index (χ2v) is 5.24. The van der Waals surface area contributed by atoms with Crippen molar-refractivity contribution in [1.82, 2.24) is 20.5 Å². The molecule has 2 heterocycles. The largest absolute Gasteiger partial charge is 0.337 e. The predicted octanol–water partition coefficient (Wildman–Crippen LogP) is 1.72. The van der Waals surface area contributed by atoms with Crippen LogP contribution >= 0.6 is 0 Å². The van der Waals surface area contributed by atoms with Crippen LogP contribution in [0.25, 0.3) is 11.4 Å². The van der Waals surface area contributed by atoms with E-state index >= 15 is 0 Å². The van der Waals surface area contributed by atoms with Gasteiger partial charge in [-0.05, 0) is 31.5 Å². The fraction of sp³-hybridized carbons (Fsp3) is 0.429. The molecule has 0 amide bonds. The Hall–Kier alpha value is -1.95. The fourth-order valence-corrected chi connectivity index (χ4v) is 2.48. The van der Waals surface area contributed by atoms with Crippen LogP contribution in [0.5, 0.6) is 0 Å². The predicted molar refractivity (Wildman–Crippen MR) is 76.2 cm³/mol. The van der Waals surface area contributed by atoms with E-state index in [1.165, 1.54) is 12.1 Å². The molecule has 5 nitrogen and oxygen atoms in total. The third-order valence-corrected chi connectivity index (χ3v) is 3.58. The van der Waals surface area contributed by atoms with Crippen LogP contribution in [-0.4, -0.2) is 40.9 Å². The zero-order valence-electron chi connectivity index (χ0n) is 11.7. The number of aryl methyl sites for hydroxylation is 1. The molecule has 0 saturated carbocycles. The number of H-pyrrole nitrogens is 1. The summed E-state index contributed by atoms with van der Waals surface area (Å²) in [6.45, 7) is 6.74. The Morgan fingerprint density at radius 3 is 3.05 bits per heavy atom. The van der Waals surface area contributed by atoms with Crippen LogP contribution in [0, 0.1) is 12.7 Å². The number of nitrogens with zero attached hydrogens (tertiary/aromatic N) is 3. The zero-order valence-corrected chi connectivity index (χ0v) is 11.7. The number of aromatic amines is 1. The molecule has 1 fully saturated rings. The Labute approximate surface area is 117 Å². The van der Waals surface area contributed by atoms with Gasteiger partial charge in [-0.2, -0.15) is 4.98 Å². The SMILES string of the molecule is Cc1ccc(F)cc1-c1nc(N2CCN[C@H](C)C2)n[nH]1. The Balaban J connectivity index is 1.88. The minimum atomic E-state index is -0.264. The first-order chi connectivity index (χ1) is 9.63. The highest BCUT2D eigenvalue weighted by Crippen LogP contribution is 2.22. The lowest BCUT2D eigenvalue weighted by Crippen LogP contribution is -2.49. The zero-order chi connectivity index (χ0) is 14.1. The molecule has 1 aromatic carbocycles. The summed E-state index contributed by atoms with van der Waals surface area (Å²) < 4.78 is 13.4. The maximum atomic E-state index is 13.4. The Bertz CT molecular complexity index is 609. The Morgan fingerprint density at radius 1 is 1.40 bits per heavy atom. The van der Waals surface area contributed by atoms with Gasteiger partial charge in [0.1, 0.15) is 5.82 Å². The smallest absolute Gasteiger partial charge is 0.245 e. The van der Waals surface area contributed by atoms with Gasteiger partial charge in [-0.15, -0.1) is 5.10 Å². The molecule has 1 saturated heterocycles. The molecule has 0 aliphatic carbocycles. The highest BCUT2D eigenvalue weighted by Gasteiger charge is 2.20. The Kier molecular flexibility index (Phi) is 3.40. The average Bonchev–Trinajstić information content (AvgIpc) is 2.91. The summed E-state index contributed by atoms with van der Waals surface area (Å²) in [6, 6.07) is 5.11. The van der Waals surface area contributed by atoms with Gasteiger partial charge in [0.25, 0.3) is 0 Å². The molecule has 2 N–H and O–H groups in total. The molecule has 3 rings (SSSR count). The van der Waals surface area contributed by atoms with Crippen molar-refractivity contribution in [3.8, 4) is 11.4 Å². The van der Waals surface area contributed by atoms with Crippen LogP contribution in [0.2, 0.25) is 0 Å². The summed E-state index contributed by atoms with van der Waals surface area (Å²) in [5, 5.41) is 10.6. The van der Waals surface area contributed by atoms with E-state index in [1.54, 1.807) is 6.07 Å². The number of aromatic nitrogens is 3. The van der Waals surface area contributed by atoms with Gasteiger partial charge in [0, 0.05) is 31.2 Å². The molecule has 1 aliphatic heterocycles. The van der Waals surface area contributed by atoms with Gasteiger partial charge in [0.15, 0.2) is 5.82 Å². The number of rotatable bonds is 2. The van der Waals surface area contributed by atoms with Crippen molar-refractivity contribution in [3.63, 3.8) is 0 Å². The molecule has 6 heteroatoms. The summed E-state index contributed by atoms with van der Waals surface area (Å²) in [5.41, 5.74) is 1.73. The summed E-state index contributed by atoms with van der Waals surface area (Å²) in [6.07, 6.45) is 0. The van der Waals surface area contributed by atoms with Gasteiger partial charge >= 0.3 is 0 Å². The molecular weight excluding hydrogens is 257 g/mol. The number of benzene rings is 1. The van der Waals surface area contributed by atoms with Crippen molar-refractivity contribution in [2.45, 2.75) is 19.9 Å². The second kappa shape index (κ2) is 5.20. The van der Waals surface area contributed by atoms with E-state index < -0.39 is 0 Å². The Morgan fingerprint density at radius 2 is 2.25 bits per heavy atom. The molecule has 0 radical (unpaired) electrons. The van der Waals surface area contributed by atoms with E-state index in [4.69, 9.17) is 0 Å². The van der Waals surface area contributed by atoms with Crippen LogP contribution in [-0.2, 0) is 0 Å². The van der Waals surface area contributed by atoms with Crippen molar-refractivity contribution >= 4 is 5.95 Å². The van der Waals surface area contributed by atoms with E-state index in [9.17, 15) is 4.39 Å². The monoisotopic (exact) mass is 275 g/mol. The second-order valence-electron chi connectivity index (χ2n) is 5.24. The third-order valence-electron chi connectivity index (χ3n) is 3.58. The minimum Gasteiger partial charge on any atom is -0.337 e. The lowest BCUT2D eigenvalue weighted by molar-refractivity contribution is 0.480. The van der Waals surface area contributed by atoms with E-state index in [0.29, 0.717) is 17.8 Å². The van der Waals surface area contributed by atoms with E-state index in [0.717, 1.165) is 30.8 Å². The van der Waals surface area contributed by atoms with Crippen LogP contribution in [0.3, 0.4) is 0 Å². The average molecular weight is 275 g/mol. The minimum absolute atomic E-state index is 0.264. The molecule has 2 aromatic rings. The fourth-order valence-electron chi connectivity index (χ4n) is 2.48. The summed E-state index contributed by atoms with van der Waals surface area (Å²) in [4.78, 5) is 6.64. The molecule has 1 aliphatic rings. The van der Waals surface area contributed by atoms with E-state index in [1.807, 2.05) is 6.92 Å². The third kappa shape index (κ3) is 2.51. The van der Waals surface area contributed by atoms with Gasteiger partial charge in [-0.3, -0.25) is 5.10 Å². The van der Waals surface area contributed by atoms with Crippen molar-refractivity contribution in [1.29, 1.82) is 0 Å². The molecule has 20 heavy (non-hydrogen) atoms. The first-order valence-electron chi connectivity index (χ1n) is 6.81. The highest BCUT2D eigenvalue weighted by atomic mass is 19.1. The highest BCUT2D eigenvalue weighted by molar-refractivity contribution is 5.61. The quantitative estimate of drug-likeness (QED) is 0.876. The summed E-state index contributed by atoms with van der Waals surface area (Å²) in [5.74, 6) is 1.03. The standard InChI is InChI=1S/C14H18FN5/c1-9-3-4-11(15)7-12(9)13-17-14(19-18-13)20-6-5-16-10(2)8-20/h3-4,7,10,16H,5-6,8H2,1-2H3,(H,17,18,19)/t10-/m1/s1. The molecule has 0 spiro atoms. The summed E-state index contributed by atoms with van der Waals surface area (Å²) in [7, 11) is 0. The van der Waals surface area contributed by atoms with Gasteiger partial charge in [0.05, 0.1) is 0 Å².